The molecule has 4 nitrogen and oxygen atoms in total. The van der Waals surface area contributed by atoms with Gasteiger partial charge in [0.2, 0.25) is 0 Å². The van der Waals surface area contributed by atoms with Crippen LogP contribution < -0.4 is 4.74 Å². The number of hydrogen-bond acceptors (Lipinski definition) is 4. The predicted molar refractivity (Wildman–Crippen MR) is 86.7 cm³/mol. The van der Waals surface area contributed by atoms with Crippen molar-refractivity contribution in [3.63, 3.8) is 0 Å². The Hall–Kier alpha value is -2.62. The minimum atomic E-state index is -0.386. The molecule has 0 N–H and O–H groups in total. The lowest BCUT2D eigenvalue weighted by atomic mass is 9.96. The van der Waals surface area contributed by atoms with Crippen molar-refractivity contribution in [2.24, 2.45) is 0 Å². The summed E-state index contributed by atoms with van der Waals surface area (Å²) >= 11 is 0. The first-order chi connectivity index (χ1) is 11.2. The van der Waals surface area contributed by atoms with Crippen LogP contribution in [0, 0.1) is 0 Å². The van der Waals surface area contributed by atoms with E-state index in [1.54, 1.807) is 19.1 Å². The minimum Gasteiger partial charge on any atom is -0.482 e. The molecule has 0 heterocycles. The molecule has 0 unspecified atom stereocenters. The lowest BCUT2D eigenvalue weighted by Gasteiger charge is -2.09. The Bertz CT molecular complexity index is 732. The van der Waals surface area contributed by atoms with Gasteiger partial charge < -0.3 is 9.47 Å². The largest absolute Gasteiger partial charge is 0.482 e. The highest BCUT2D eigenvalue weighted by molar-refractivity contribution is 6.06. The summed E-state index contributed by atoms with van der Waals surface area (Å²) in [6.45, 7) is 1.99. The van der Waals surface area contributed by atoms with Crippen LogP contribution in [0.15, 0.2) is 42.5 Å². The standard InChI is InChI=1S/C19H18O4/c1-2-22-18(21)12-23-15-9-6-13(7-10-15)16-5-3-4-14-8-11-17(20)19(14)16/h3-7,9-10H,2,8,11-12H2,1H3. The lowest BCUT2D eigenvalue weighted by molar-refractivity contribution is -0.145. The zero-order valence-corrected chi connectivity index (χ0v) is 13.0. The van der Waals surface area contributed by atoms with Crippen molar-refractivity contribution in [3.05, 3.63) is 53.6 Å². The molecule has 1 aliphatic rings. The molecule has 0 amide bonds. The number of esters is 1. The molecular formula is C19H18O4. The first-order valence-electron chi connectivity index (χ1n) is 7.73. The Morgan fingerprint density at radius 2 is 1.87 bits per heavy atom. The van der Waals surface area contributed by atoms with Crippen molar-refractivity contribution in [3.8, 4) is 16.9 Å². The average molecular weight is 310 g/mol. The summed E-state index contributed by atoms with van der Waals surface area (Å²) in [7, 11) is 0. The van der Waals surface area contributed by atoms with E-state index in [2.05, 4.69) is 0 Å². The second kappa shape index (κ2) is 6.65. The highest BCUT2D eigenvalue weighted by Gasteiger charge is 2.22. The number of rotatable bonds is 5. The van der Waals surface area contributed by atoms with E-state index in [-0.39, 0.29) is 18.4 Å². The van der Waals surface area contributed by atoms with Crippen molar-refractivity contribution in [2.45, 2.75) is 19.8 Å². The number of Topliss-reactive ketones (excluding diaryl/α,β-unsaturated/α-hetero) is 1. The summed E-state index contributed by atoms with van der Waals surface area (Å²) < 4.78 is 10.2. The normalized spacial score (nSPS) is 12.8. The van der Waals surface area contributed by atoms with Crippen molar-refractivity contribution in [1.82, 2.24) is 0 Å². The molecule has 0 spiro atoms. The van der Waals surface area contributed by atoms with Gasteiger partial charge in [0.1, 0.15) is 5.75 Å². The lowest BCUT2D eigenvalue weighted by Crippen LogP contribution is -2.14. The molecule has 23 heavy (non-hydrogen) atoms. The maximum atomic E-state index is 12.1. The van der Waals surface area contributed by atoms with Crippen molar-refractivity contribution in [1.29, 1.82) is 0 Å². The Balaban J connectivity index is 1.77. The topological polar surface area (TPSA) is 52.6 Å². The zero-order chi connectivity index (χ0) is 16.2. The Labute approximate surface area is 135 Å². The van der Waals surface area contributed by atoms with E-state index >= 15 is 0 Å². The van der Waals surface area contributed by atoms with Gasteiger partial charge >= 0.3 is 5.97 Å². The summed E-state index contributed by atoms with van der Waals surface area (Å²) in [5.74, 6) is 0.419. The predicted octanol–water partition coefficient (Wildman–Crippen LogP) is 3.42. The maximum Gasteiger partial charge on any atom is 0.344 e. The summed E-state index contributed by atoms with van der Waals surface area (Å²) in [6.07, 6.45) is 1.41. The number of ketones is 1. The Kier molecular flexibility index (Phi) is 4.42. The van der Waals surface area contributed by atoms with Gasteiger partial charge in [-0.25, -0.2) is 4.79 Å². The quantitative estimate of drug-likeness (QED) is 0.794. The van der Waals surface area contributed by atoms with Gasteiger partial charge in [-0.15, -0.1) is 0 Å². The van der Waals surface area contributed by atoms with Crippen LogP contribution in [-0.2, 0) is 16.0 Å². The van der Waals surface area contributed by atoms with Crippen molar-refractivity contribution in [2.75, 3.05) is 13.2 Å². The SMILES string of the molecule is CCOC(=O)COc1ccc(-c2cccc3c2C(=O)CC3)cc1. The van der Waals surface area contributed by atoms with Crippen molar-refractivity contribution < 1.29 is 19.1 Å². The molecule has 1 aliphatic carbocycles. The van der Waals surface area contributed by atoms with Crippen LogP contribution in [0.3, 0.4) is 0 Å². The van der Waals surface area contributed by atoms with E-state index in [0.29, 0.717) is 18.8 Å². The van der Waals surface area contributed by atoms with Gasteiger partial charge in [-0.05, 0) is 42.2 Å². The minimum absolute atomic E-state index is 0.105. The molecule has 118 valence electrons. The third-order valence-corrected chi connectivity index (χ3v) is 3.88. The van der Waals surface area contributed by atoms with Crippen LogP contribution >= 0.6 is 0 Å². The number of aryl methyl sites for hydroxylation is 1. The number of ether oxygens (including phenoxy) is 2. The Morgan fingerprint density at radius 1 is 1.09 bits per heavy atom. The molecule has 0 saturated heterocycles. The molecular weight excluding hydrogens is 292 g/mol. The van der Waals surface area contributed by atoms with Crippen LogP contribution in [-0.4, -0.2) is 25.0 Å². The fourth-order valence-electron chi connectivity index (χ4n) is 2.83. The molecule has 3 rings (SSSR count). The van der Waals surface area contributed by atoms with E-state index < -0.39 is 0 Å². The highest BCUT2D eigenvalue weighted by atomic mass is 16.6. The third-order valence-electron chi connectivity index (χ3n) is 3.88. The Morgan fingerprint density at radius 3 is 2.61 bits per heavy atom. The fraction of sp³-hybridized carbons (Fsp3) is 0.263. The van der Waals surface area contributed by atoms with Gasteiger partial charge in [0.05, 0.1) is 6.61 Å². The molecule has 2 aromatic rings. The molecule has 0 fully saturated rings. The summed E-state index contributed by atoms with van der Waals surface area (Å²) in [4.78, 5) is 23.4. The molecule has 0 aromatic heterocycles. The molecule has 0 saturated carbocycles. The van der Waals surface area contributed by atoms with Gasteiger partial charge in [-0.2, -0.15) is 0 Å². The average Bonchev–Trinajstić information content (AvgIpc) is 2.95. The molecule has 0 radical (unpaired) electrons. The van der Waals surface area contributed by atoms with Gasteiger partial charge in [-0.3, -0.25) is 4.79 Å². The second-order valence-corrected chi connectivity index (χ2v) is 5.38. The smallest absolute Gasteiger partial charge is 0.344 e. The molecule has 4 heteroatoms. The van der Waals surface area contributed by atoms with Gasteiger partial charge in [-0.1, -0.05) is 30.3 Å². The number of hydrogen-bond donors (Lipinski definition) is 0. The molecule has 0 bridgehead atoms. The van der Waals surface area contributed by atoms with E-state index in [9.17, 15) is 9.59 Å². The number of benzene rings is 2. The van der Waals surface area contributed by atoms with Crippen LogP contribution in [0.1, 0.15) is 29.3 Å². The zero-order valence-electron chi connectivity index (χ0n) is 13.0. The van der Waals surface area contributed by atoms with Crippen LogP contribution in [0.5, 0.6) is 5.75 Å². The molecule has 0 aliphatic heterocycles. The maximum absolute atomic E-state index is 12.1. The van der Waals surface area contributed by atoms with Crippen LogP contribution in [0.4, 0.5) is 0 Å². The monoisotopic (exact) mass is 310 g/mol. The fourth-order valence-corrected chi connectivity index (χ4v) is 2.83. The van der Waals surface area contributed by atoms with Crippen molar-refractivity contribution >= 4 is 11.8 Å². The molecule has 2 aromatic carbocycles. The van der Waals surface area contributed by atoms with E-state index in [1.807, 2.05) is 30.3 Å². The number of carbonyl (C=O) groups excluding carboxylic acids is 2. The molecule has 0 atom stereocenters. The highest BCUT2D eigenvalue weighted by Crippen LogP contribution is 2.33. The van der Waals surface area contributed by atoms with Gasteiger partial charge in [0.25, 0.3) is 0 Å². The first-order valence-corrected chi connectivity index (χ1v) is 7.73. The summed E-state index contributed by atoms with van der Waals surface area (Å²) in [5.41, 5.74) is 3.89. The third kappa shape index (κ3) is 3.26. The second-order valence-electron chi connectivity index (χ2n) is 5.38. The number of fused-ring (bicyclic) bond motifs is 1. The summed E-state index contributed by atoms with van der Waals surface area (Å²) in [5, 5.41) is 0. The van der Waals surface area contributed by atoms with Gasteiger partial charge in [0.15, 0.2) is 12.4 Å². The first kappa shape index (κ1) is 15.3. The van der Waals surface area contributed by atoms with Gasteiger partial charge in [0, 0.05) is 12.0 Å². The number of carbonyl (C=O) groups is 2. The van der Waals surface area contributed by atoms with Crippen LogP contribution in [0.25, 0.3) is 11.1 Å². The van der Waals surface area contributed by atoms with Crippen LogP contribution in [0.2, 0.25) is 0 Å². The van der Waals surface area contributed by atoms with E-state index in [4.69, 9.17) is 9.47 Å². The van der Waals surface area contributed by atoms with E-state index in [1.165, 1.54) is 0 Å². The van der Waals surface area contributed by atoms with E-state index in [0.717, 1.165) is 28.7 Å². The summed E-state index contributed by atoms with van der Waals surface area (Å²) in [6, 6.07) is 13.4.